The van der Waals surface area contributed by atoms with E-state index in [4.69, 9.17) is 35.3 Å². The predicted octanol–water partition coefficient (Wildman–Crippen LogP) is 7.52. The van der Waals surface area contributed by atoms with Gasteiger partial charge in [0.1, 0.15) is 4.88 Å². The molecule has 11 nitrogen and oxygen atoms in total. The number of nitrogens with one attached hydrogen (secondary N) is 2. The van der Waals surface area contributed by atoms with E-state index in [1.807, 2.05) is 32.0 Å². The zero-order chi connectivity index (χ0) is 35.1. The Labute approximate surface area is 291 Å². The molecule has 0 spiro atoms. The van der Waals surface area contributed by atoms with E-state index < -0.39 is 17.8 Å². The Morgan fingerprint density at radius 3 is 2.18 bits per heavy atom. The summed E-state index contributed by atoms with van der Waals surface area (Å²) in [6.45, 7) is 4.10. The summed E-state index contributed by atoms with van der Waals surface area (Å²) in [6, 6.07) is 20.1. The van der Waals surface area contributed by atoms with Crippen LogP contribution in [-0.4, -0.2) is 51.9 Å². The summed E-state index contributed by atoms with van der Waals surface area (Å²) in [5.41, 5.74) is 5.20. The molecule has 2 N–H and O–H groups in total. The molecule has 1 heterocycles. The average molecular weight is 702 g/mol. The third-order valence-corrected chi connectivity index (χ3v) is 8.79. The summed E-state index contributed by atoms with van der Waals surface area (Å²) in [6.07, 6.45) is 1.43. The molecule has 49 heavy (non-hydrogen) atoms. The van der Waals surface area contributed by atoms with Crippen molar-refractivity contribution in [1.29, 1.82) is 0 Å². The first-order valence-electron chi connectivity index (χ1n) is 14.9. The van der Waals surface area contributed by atoms with Crippen LogP contribution in [0.1, 0.15) is 48.4 Å². The van der Waals surface area contributed by atoms with E-state index >= 15 is 0 Å². The number of anilines is 1. The first kappa shape index (κ1) is 34.7. The highest BCUT2D eigenvalue weighted by molar-refractivity contribution is 7.21. The van der Waals surface area contributed by atoms with Crippen molar-refractivity contribution in [2.24, 2.45) is 5.10 Å². The van der Waals surface area contributed by atoms with Gasteiger partial charge in [-0.15, -0.1) is 11.3 Å². The topological polar surface area (TPSA) is 134 Å². The number of amides is 2. The number of methoxy groups -OCH3 is 3. The van der Waals surface area contributed by atoms with Crippen LogP contribution in [-0.2, 0) is 0 Å². The number of nitrogens with zero attached hydrogens (tertiary/aromatic N) is 1. The van der Waals surface area contributed by atoms with Crippen molar-refractivity contribution in [3.63, 3.8) is 0 Å². The molecule has 0 unspecified atom stereocenters. The maximum absolute atomic E-state index is 13.1. The average Bonchev–Trinajstić information content (AvgIpc) is 3.43. The second-order valence-electron chi connectivity index (χ2n) is 10.4. The van der Waals surface area contributed by atoms with Gasteiger partial charge in [0, 0.05) is 26.9 Å². The van der Waals surface area contributed by atoms with E-state index in [9.17, 15) is 14.4 Å². The second-order valence-corrected chi connectivity index (χ2v) is 11.8. The van der Waals surface area contributed by atoms with Gasteiger partial charge in [-0.2, -0.15) is 5.10 Å². The van der Waals surface area contributed by atoms with E-state index in [1.54, 1.807) is 42.5 Å². The molecule has 2 amide bonds. The Hall–Kier alpha value is -5.59. The van der Waals surface area contributed by atoms with Gasteiger partial charge in [0.2, 0.25) is 5.75 Å². The van der Waals surface area contributed by atoms with Crippen LogP contribution in [0.2, 0.25) is 5.02 Å². The minimum absolute atomic E-state index is 0.218. The number of carbonyl (C=O) groups excluding carboxylic acids is 3. The van der Waals surface area contributed by atoms with Gasteiger partial charge in [-0.3, -0.25) is 9.59 Å². The Kier molecular flexibility index (Phi) is 11.0. The van der Waals surface area contributed by atoms with Gasteiger partial charge in [0.05, 0.1) is 39.2 Å². The standard InChI is InChI=1S/C36H32ClN3O8S/c1-6-47-27-16-21(8-14-26(27)48-36(43)33-31(37)25-13-7-20(2)15-30(25)49-33)19-38-40-35(42)22-9-11-24(12-10-22)39-34(41)23-17-28(44-3)32(46-5)29(18-23)45-4/h7-19H,6H2,1-5H3,(H,39,41)(H,40,42)/b38-19-. The predicted molar refractivity (Wildman–Crippen MR) is 190 cm³/mol. The van der Waals surface area contributed by atoms with Gasteiger partial charge in [0.15, 0.2) is 23.0 Å². The molecule has 13 heteroatoms. The number of halogens is 1. The molecule has 5 rings (SSSR count). The Morgan fingerprint density at radius 2 is 1.53 bits per heavy atom. The van der Waals surface area contributed by atoms with E-state index in [0.29, 0.717) is 61.9 Å². The first-order chi connectivity index (χ1) is 23.6. The normalized spacial score (nSPS) is 10.9. The number of ether oxygens (including phenoxy) is 5. The van der Waals surface area contributed by atoms with Crippen LogP contribution in [0.4, 0.5) is 5.69 Å². The van der Waals surface area contributed by atoms with E-state index in [2.05, 4.69) is 15.8 Å². The van der Waals surface area contributed by atoms with Crippen molar-refractivity contribution in [2.75, 3.05) is 33.3 Å². The van der Waals surface area contributed by atoms with Crippen LogP contribution in [0.5, 0.6) is 28.7 Å². The number of benzene rings is 4. The summed E-state index contributed by atoms with van der Waals surface area (Å²) in [5.74, 6) is 0.130. The van der Waals surface area contributed by atoms with Gasteiger partial charge in [-0.05, 0) is 85.6 Å². The van der Waals surface area contributed by atoms with Crippen molar-refractivity contribution in [3.8, 4) is 28.7 Å². The zero-order valence-corrected chi connectivity index (χ0v) is 28.8. The van der Waals surface area contributed by atoms with Crippen LogP contribution in [0, 0.1) is 6.92 Å². The van der Waals surface area contributed by atoms with Crippen LogP contribution in [0.15, 0.2) is 77.9 Å². The van der Waals surface area contributed by atoms with Crippen molar-refractivity contribution in [3.05, 3.63) is 105 Å². The number of hydrazone groups is 1. The van der Waals surface area contributed by atoms with Gasteiger partial charge in [-0.1, -0.05) is 23.7 Å². The summed E-state index contributed by atoms with van der Waals surface area (Å²) in [4.78, 5) is 39.0. The molecule has 5 aromatic rings. The fourth-order valence-electron chi connectivity index (χ4n) is 4.76. The number of hydrogen-bond donors (Lipinski definition) is 2. The number of thiophene rings is 1. The van der Waals surface area contributed by atoms with Crippen LogP contribution in [0.3, 0.4) is 0 Å². The lowest BCUT2D eigenvalue weighted by Crippen LogP contribution is -2.18. The van der Waals surface area contributed by atoms with Gasteiger partial charge in [-0.25, -0.2) is 10.2 Å². The maximum atomic E-state index is 13.1. The van der Waals surface area contributed by atoms with Gasteiger partial charge in [0.25, 0.3) is 11.8 Å². The van der Waals surface area contributed by atoms with E-state index in [1.165, 1.54) is 51.0 Å². The number of aryl methyl sites for hydroxylation is 1. The molecule has 252 valence electrons. The largest absolute Gasteiger partial charge is 0.493 e. The molecular formula is C36H32ClN3O8S. The monoisotopic (exact) mass is 701 g/mol. The molecule has 0 aliphatic carbocycles. The van der Waals surface area contributed by atoms with Crippen LogP contribution in [0.25, 0.3) is 10.1 Å². The molecule has 0 aliphatic heterocycles. The smallest absolute Gasteiger partial charge is 0.355 e. The highest BCUT2D eigenvalue weighted by Gasteiger charge is 2.21. The lowest BCUT2D eigenvalue weighted by atomic mass is 10.1. The van der Waals surface area contributed by atoms with E-state index in [-0.39, 0.29) is 5.75 Å². The summed E-state index contributed by atoms with van der Waals surface area (Å²) >= 11 is 7.77. The molecule has 0 bridgehead atoms. The molecule has 0 saturated heterocycles. The van der Waals surface area contributed by atoms with Crippen LogP contribution >= 0.6 is 22.9 Å². The fourth-order valence-corrected chi connectivity index (χ4v) is 6.24. The quantitative estimate of drug-likeness (QED) is 0.0591. The van der Waals surface area contributed by atoms with Gasteiger partial charge >= 0.3 is 5.97 Å². The molecule has 0 saturated carbocycles. The van der Waals surface area contributed by atoms with Gasteiger partial charge < -0.3 is 29.0 Å². The lowest BCUT2D eigenvalue weighted by Gasteiger charge is -2.14. The molecule has 0 atom stereocenters. The third kappa shape index (κ3) is 7.94. The molecule has 0 fully saturated rings. The molecule has 0 aliphatic rings. The molecule has 1 aromatic heterocycles. The molecule has 4 aromatic carbocycles. The number of esters is 1. The Morgan fingerprint density at radius 1 is 0.816 bits per heavy atom. The SMILES string of the molecule is CCOc1cc(/C=N\NC(=O)c2ccc(NC(=O)c3cc(OC)c(OC)c(OC)c3)cc2)ccc1OC(=O)c1sc2cc(C)ccc2c1Cl. The Bertz CT molecular complexity index is 2030. The van der Waals surface area contributed by atoms with Crippen molar-refractivity contribution < 1.29 is 38.1 Å². The zero-order valence-electron chi connectivity index (χ0n) is 27.2. The van der Waals surface area contributed by atoms with Crippen molar-refractivity contribution in [1.82, 2.24) is 5.43 Å². The fraction of sp³-hybridized carbons (Fsp3) is 0.167. The van der Waals surface area contributed by atoms with Crippen molar-refractivity contribution >= 4 is 62.7 Å². The minimum Gasteiger partial charge on any atom is -0.493 e. The first-order valence-corrected chi connectivity index (χ1v) is 16.1. The van der Waals surface area contributed by atoms with Crippen molar-refractivity contribution in [2.45, 2.75) is 13.8 Å². The maximum Gasteiger partial charge on any atom is 0.355 e. The number of rotatable bonds is 12. The highest BCUT2D eigenvalue weighted by Crippen LogP contribution is 2.39. The van der Waals surface area contributed by atoms with E-state index in [0.717, 1.165) is 15.6 Å². The summed E-state index contributed by atoms with van der Waals surface area (Å²) in [7, 11) is 4.41. The molecule has 0 radical (unpaired) electrons. The third-order valence-electron chi connectivity index (χ3n) is 7.15. The second kappa shape index (κ2) is 15.5. The number of carbonyl (C=O) groups is 3. The number of hydrogen-bond acceptors (Lipinski definition) is 10. The summed E-state index contributed by atoms with van der Waals surface area (Å²) < 4.78 is 28.2. The van der Waals surface area contributed by atoms with Crippen LogP contribution < -0.4 is 34.4 Å². The number of fused-ring (bicyclic) bond motifs is 1. The highest BCUT2D eigenvalue weighted by atomic mass is 35.5. The lowest BCUT2D eigenvalue weighted by molar-refractivity contribution is 0.0733. The summed E-state index contributed by atoms with van der Waals surface area (Å²) in [5, 5.41) is 7.96. The molecular weight excluding hydrogens is 670 g/mol. The Balaban J connectivity index is 1.21. The minimum atomic E-state index is -0.592.